The van der Waals surface area contributed by atoms with Crippen molar-refractivity contribution in [3.63, 3.8) is 0 Å². The molecule has 1 aliphatic rings. The summed E-state index contributed by atoms with van der Waals surface area (Å²) in [4.78, 5) is 12.1. The van der Waals surface area contributed by atoms with Gasteiger partial charge in [-0.2, -0.15) is 13.2 Å². The largest absolute Gasteiger partial charge is 0.416 e. The van der Waals surface area contributed by atoms with Gasteiger partial charge in [-0.15, -0.1) is 0 Å². The van der Waals surface area contributed by atoms with Gasteiger partial charge in [-0.3, -0.25) is 4.79 Å². The van der Waals surface area contributed by atoms with E-state index in [1.54, 1.807) is 6.07 Å². The zero-order valence-electron chi connectivity index (χ0n) is 11.8. The third-order valence-corrected chi connectivity index (χ3v) is 3.77. The molecule has 1 fully saturated rings. The summed E-state index contributed by atoms with van der Waals surface area (Å²) in [6.45, 7) is 2.90. The maximum absolute atomic E-state index is 12.6. The lowest BCUT2D eigenvalue weighted by molar-refractivity contribution is -0.137. The van der Waals surface area contributed by atoms with Crippen molar-refractivity contribution in [3.8, 4) is 0 Å². The Balaban J connectivity index is 1.95. The Bertz CT molecular complexity index is 502. The fraction of sp³-hybridized carbons (Fsp3) is 0.533. The van der Waals surface area contributed by atoms with Crippen LogP contribution in [0.3, 0.4) is 0 Å². The van der Waals surface area contributed by atoms with Crippen molar-refractivity contribution in [3.05, 3.63) is 35.4 Å². The summed E-state index contributed by atoms with van der Waals surface area (Å²) < 4.78 is 37.8. The number of amides is 1. The standard InChI is InChI=1S/C15H19F3N2O/c1-10-4-3-7-19-13(10)14(21)20-9-11-5-2-6-12(8-11)15(16,17)18/h2,5-6,8,10,13,19H,3-4,7,9H2,1H3,(H,20,21). The van der Waals surface area contributed by atoms with E-state index in [1.807, 2.05) is 6.92 Å². The quantitative estimate of drug-likeness (QED) is 0.901. The first-order valence-electron chi connectivity index (χ1n) is 7.05. The third-order valence-electron chi connectivity index (χ3n) is 3.77. The normalized spacial score (nSPS) is 22.9. The molecule has 21 heavy (non-hydrogen) atoms. The van der Waals surface area contributed by atoms with Crippen LogP contribution in [0, 0.1) is 5.92 Å². The summed E-state index contributed by atoms with van der Waals surface area (Å²) >= 11 is 0. The summed E-state index contributed by atoms with van der Waals surface area (Å²) in [5.41, 5.74) is -0.250. The van der Waals surface area contributed by atoms with Gasteiger partial charge < -0.3 is 10.6 Å². The van der Waals surface area contributed by atoms with Crippen LogP contribution in [0.25, 0.3) is 0 Å². The molecule has 1 amide bonds. The number of halogens is 3. The second-order valence-electron chi connectivity index (χ2n) is 5.47. The molecule has 1 aromatic carbocycles. The van der Waals surface area contributed by atoms with E-state index in [9.17, 15) is 18.0 Å². The Morgan fingerprint density at radius 2 is 2.19 bits per heavy atom. The molecule has 116 valence electrons. The van der Waals surface area contributed by atoms with E-state index >= 15 is 0 Å². The fourth-order valence-electron chi connectivity index (χ4n) is 2.56. The molecule has 6 heteroatoms. The molecule has 0 aliphatic carbocycles. The Hall–Kier alpha value is -1.56. The molecule has 1 saturated heterocycles. The van der Waals surface area contributed by atoms with E-state index in [1.165, 1.54) is 6.07 Å². The van der Waals surface area contributed by atoms with Crippen molar-refractivity contribution in [1.29, 1.82) is 0 Å². The lowest BCUT2D eigenvalue weighted by Crippen LogP contribution is -2.50. The third kappa shape index (κ3) is 4.20. The monoisotopic (exact) mass is 300 g/mol. The predicted octanol–water partition coefficient (Wildman–Crippen LogP) is 2.71. The van der Waals surface area contributed by atoms with Crippen LogP contribution in [-0.4, -0.2) is 18.5 Å². The lowest BCUT2D eigenvalue weighted by Gasteiger charge is -2.29. The molecule has 1 aliphatic heterocycles. The molecule has 1 aromatic rings. The summed E-state index contributed by atoms with van der Waals surface area (Å²) in [5.74, 6) is 0.0832. The first-order valence-corrected chi connectivity index (χ1v) is 7.05. The van der Waals surface area contributed by atoms with Gasteiger partial charge in [0.25, 0.3) is 0 Å². The maximum atomic E-state index is 12.6. The summed E-state index contributed by atoms with van der Waals surface area (Å²) in [6, 6.07) is 4.76. The SMILES string of the molecule is CC1CCCNC1C(=O)NCc1cccc(C(F)(F)F)c1. The molecule has 3 nitrogen and oxygen atoms in total. The summed E-state index contributed by atoms with van der Waals surface area (Å²) in [5, 5.41) is 5.86. The van der Waals surface area contributed by atoms with Crippen molar-refractivity contribution < 1.29 is 18.0 Å². The molecular weight excluding hydrogens is 281 g/mol. The topological polar surface area (TPSA) is 41.1 Å². The van der Waals surface area contributed by atoms with E-state index < -0.39 is 11.7 Å². The lowest BCUT2D eigenvalue weighted by atomic mass is 9.92. The van der Waals surface area contributed by atoms with Crippen LogP contribution in [0.2, 0.25) is 0 Å². The number of benzene rings is 1. The Labute approximate surface area is 121 Å². The zero-order chi connectivity index (χ0) is 15.5. The first kappa shape index (κ1) is 15.8. The Morgan fingerprint density at radius 3 is 2.86 bits per heavy atom. The minimum Gasteiger partial charge on any atom is -0.351 e. The highest BCUT2D eigenvalue weighted by atomic mass is 19.4. The summed E-state index contributed by atoms with van der Waals surface area (Å²) in [6.07, 6.45) is -2.34. The summed E-state index contributed by atoms with van der Waals surface area (Å²) in [7, 11) is 0. The van der Waals surface area contributed by atoms with Gasteiger partial charge in [-0.25, -0.2) is 0 Å². The second-order valence-corrected chi connectivity index (χ2v) is 5.47. The van der Waals surface area contributed by atoms with Gasteiger partial charge in [0.1, 0.15) is 0 Å². The minimum absolute atomic E-state index is 0.105. The number of carbonyl (C=O) groups is 1. The highest BCUT2D eigenvalue weighted by Gasteiger charge is 2.30. The fourth-order valence-corrected chi connectivity index (χ4v) is 2.56. The molecule has 2 N–H and O–H groups in total. The van der Waals surface area contributed by atoms with Crippen LogP contribution in [0.4, 0.5) is 13.2 Å². The average Bonchev–Trinajstić information content (AvgIpc) is 2.45. The molecule has 0 bridgehead atoms. The van der Waals surface area contributed by atoms with E-state index in [4.69, 9.17) is 0 Å². The average molecular weight is 300 g/mol. The number of alkyl halides is 3. The molecule has 2 atom stereocenters. The number of piperidine rings is 1. The number of hydrogen-bond acceptors (Lipinski definition) is 2. The van der Waals surface area contributed by atoms with E-state index in [-0.39, 0.29) is 24.4 Å². The zero-order valence-corrected chi connectivity index (χ0v) is 11.8. The molecular formula is C15H19F3N2O. The molecule has 2 rings (SSSR count). The molecule has 0 radical (unpaired) electrons. The van der Waals surface area contributed by atoms with Crippen molar-refractivity contribution >= 4 is 5.91 Å². The molecule has 1 heterocycles. The van der Waals surface area contributed by atoms with Crippen molar-refractivity contribution in [2.75, 3.05) is 6.54 Å². The van der Waals surface area contributed by atoms with Crippen molar-refractivity contribution in [1.82, 2.24) is 10.6 Å². The van der Waals surface area contributed by atoms with Crippen LogP contribution in [-0.2, 0) is 17.5 Å². The van der Waals surface area contributed by atoms with Crippen molar-refractivity contribution in [2.24, 2.45) is 5.92 Å². The van der Waals surface area contributed by atoms with Crippen LogP contribution in [0.5, 0.6) is 0 Å². The Morgan fingerprint density at radius 1 is 1.43 bits per heavy atom. The smallest absolute Gasteiger partial charge is 0.351 e. The first-order chi connectivity index (χ1) is 9.88. The van der Waals surface area contributed by atoms with Gasteiger partial charge >= 0.3 is 6.18 Å². The highest BCUT2D eigenvalue weighted by molar-refractivity contribution is 5.82. The molecule has 0 saturated carbocycles. The van der Waals surface area contributed by atoms with E-state index in [0.29, 0.717) is 5.56 Å². The van der Waals surface area contributed by atoms with Crippen LogP contribution in [0.15, 0.2) is 24.3 Å². The predicted molar refractivity (Wildman–Crippen MR) is 73.5 cm³/mol. The number of nitrogens with one attached hydrogen (secondary N) is 2. The van der Waals surface area contributed by atoms with Gasteiger partial charge in [0.15, 0.2) is 0 Å². The molecule has 2 unspecified atom stereocenters. The number of hydrogen-bond donors (Lipinski definition) is 2. The van der Waals surface area contributed by atoms with Gasteiger partial charge in [-0.1, -0.05) is 19.1 Å². The van der Waals surface area contributed by atoms with E-state index in [0.717, 1.165) is 31.5 Å². The maximum Gasteiger partial charge on any atom is 0.416 e. The van der Waals surface area contributed by atoms with Gasteiger partial charge in [0.2, 0.25) is 5.91 Å². The minimum atomic E-state index is -4.36. The second kappa shape index (κ2) is 6.47. The van der Waals surface area contributed by atoms with Crippen molar-refractivity contribution in [2.45, 2.75) is 38.5 Å². The van der Waals surface area contributed by atoms with Gasteiger partial charge in [0, 0.05) is 6.54 Å². The molecule has 0 aromatic heterocycles. The Kier molecular flexibility index (Phi) is 4.88. The van der Waals surface area contributed by atoms with Crippen LogP contribution < -0.4 is 10.6 Å². The van der Waals surface area contributed by atoms with E-state index in [2.05, 4.69) is 10.6 Å². The molecule has 0 spiro atoms. The highest BCUT2D eigenvalue weighted by Crippen LogP contribution is 2.29. The van der Waals surface area contributed by atoms with Gasteiger partial charge in [0.05, 0.1) is 11.6 Å². The number of rotatable bonds is 3. The van der Waals surface area contributed by atoms with Crippen LogP contribution >= 0.6 is 0 Å². The van der Waals surface area contributed by atoms with Gasteiger partial charge in [-0.05, 0) is 43.0 Å². The number of carbonyl (C=O) groups excluding carboxylic acids is 1. The van der Waals surface area contributed by atoms with Crippen LogP contribution in [0.1, 0.15) is 30.9 Å².